The van der Waals surface area contributed by atoms with Gasteiger partial charge in [-0.1, -0.05) is 74.4 Å². The van der Waals surface area contributed by atoms with Gasteiger partial charge in [0.05, 0.1) is 5.92 Å². The van der Waals surface area contributed by atoms with E-state index >= 15 is 0 Å². The van der Waals surface area contributed by atoms with Crippen LogP contribution in [-0.4, -0.2) is 25.8 Å². The van der Waals surface area contributed by atoms with Crippen molar-refractivity contribution >= 4 is 6.29 Å². The third-order valence-corrected chi connectivity index (χ3v) is 5.91. The molecule has 2 unspecified atom stereocenters. The molecule has 0 heterocycles. The second-order valence-corrected chi connectivity index (χ2v) is 8.30. The van der Waals surface area contributed by atoms with Gasteiger partial charge in [-0.2, -0.15) is 0 Å². The van der Waals surface area contributed by atoms with Crippen LogP contribution in [0.4, 0.5) is 0 Å². The molecular weight excluding hydrogens is 396 g/mol. The predicted octanol–water partition coefficient (Wildman–Crippen LogP) is 6.88. The molecule has 2 rings (SSSR count). The number of unbranched alkanes of at least 4 members (excludes halogenated alkanes) is 2. The molecule has 3 nitrogen and oxygen atoms in total. The van der Waals surface area contributed by atoms with Gasteiger partial charge < -0.3 is 14.3 Å². The Bertz CT molecular complexity index is 773. The van der Waals surface area contributed by atoms with Crippen molar-refractivity contribution in [3.05, 3.63) is 83.4 Å². The van der Waals surface area contributed by atoms with Gasteiger partial charge in [-0.3, -0.25) is 0 Å². The highest BCUT2D eigenvalue weighted by molar-refractivity contribution is 5.55. The molecule has 0 aliphatic heterocycles. The Labute approximate surface area is 194 Å². The van der Waals surface area contributed by atoms with Crippen molar-refractivity contribution in [3.8, 4) is 0 Å². The second-order valence-electron chi connectivity index (χ2n) is 8.30. The van der Waals surface area contributed by atoms with Crippen LogP contribution in [0.15, 0.2) is 61.2 Å². The normalized spacial score (nSPS) is 13.1. The minimum atomic E-state index is -0.515. The minimum absolute atomic E-state index is 0.0936. The van der Waals surface area contributed by atoms with Crippen molar-refractivity contribution < 1.29 is 14.3 Å². The molecular formula is C29H40O3. The lowest BCUT2D eigenvalue weighted by atomic mass is 9.83. The third-order valence-electron chi connectivity index (χ3n) is 5.91. The Hall–Kier alpha value is -2.23. The van der Waals surface area contributed by atoms with Gasteiger partial charge >= 0.3 is 0 Å². The molecule has 32 heavy (non-hydrogen) atoms. The average molecular weight is 437 g/mol. The van der Waals surface area contributed by atoms with E-state index in [9.17, 15) is 4.79 Å². The van der Waals surface area contributed by atoms with Gasteiger partial charge in [-0.05, 0) is 61.8 Å². The molecule has 0 saturated carbocycles. The summed E-state index contributed by atoms with van der Waals surface area (Å²) < 4.78 is 11.5. The number of carbonyl (C=O) groups excluding carboxylic acids is 1. The van der Waals surface area contributed by atoms with Crippen LogP contribution in [0, 0.1) is 5.92 Å². The van der Waals surface area contributed by atoms with Crippen molar-refractivity contribution in [2.45, 2.75) is 71.5 Å². The summed E-state index contributed by atoms with van der Waals surface area (Å²) in [7, 11) is 0. The first-order chi connectivity index (χ1) is 15.7. The summed E-state index contributed by atoms with van der Waals surface area (Å²) in [6.07, 6.45) is 8.72. The number of carbonyl (C=O) groups is 1. The Morgan fingerprint density at radius 3 is 1.88 bits per heavy atom. The molecule has 0 spiro atoms. The number of ether oxygens (including phenoxy) is 2. The fourth-order valence-corrected chi connectivity index (χ4v) is 4.14. The van der Waals surface area contributed by atoms with Gasteiger partial charge in [-0.15, -0.1) is 6.58 Å². The van der Waals surface area contributed by atoms with Gasteiger partial charge in [-0.25, -0.2) is 0 Å². The minimum Gasteiger partial charge on any atom is -0.352 e. The number of benzene rings is 2. The van der Waals surface area contributed by atoms with Gasteiger partial charge in [0.25, 0.3) is 0 Å². The molecule has 0 saturated heterocycles. The van der Waals surface area contributed by atoms with Crippen molar-refractivity contribution in [2.75, 3.05) is 13.2 Å². The summed E-state index contributed by atoms with van der Waals surface area (Å²) in [5.41, 5.74) is 5.03. The van der Waals surface area contributed by atoms with Crippen LogP contribution in [0.1, 0.15) is 74.6 Å². The van der Waals surface area contributed by atoms with E-state index in [2.05, 4.69) is 62.0 Å². The maximum absolute atomic E-state index is 12.1. The molecule has 0 aliphatic rings. The van der Waals surface area contributed by atoms with Crippen molar-refractivity contribution in [1.82, 2.24) is 0 Å². The first kappa shape index (κ1) is 26.0. The van der Waals surface area contributed by atoms with Crippen LogP contribution in [0.2, 0.25) is 0 Å². The van der Waals surface area contributed by atoms with Crippen LogP contribution < -0.4 is 0 Å². The average Bonchev–Trinajstić information content (AvgIpc) is 2.82. The summed E-state index contributed by atoms with van der Waals surface area (Å²) >= 11 is 0. The molecule has 0 amide bonds. The molecule has 174 valence electrons. The van der Waals surface area contributed by atoms with E-state index in [0.29, 0.717) is 19.6 Å². The molecule has 0 radical (unpaired) electrons. The monoisotopic (exact) mass is 436 g/mol. The first-order valence-corrected chi connectivity index (χ1v) is 12.1. The van der Waals surface area contributed by atoms with Gasteiger partial charge in [0.1, 0.15) is 6.29 Å². The van der Waals surface area contributed by atoms with E-state index in [0.717, 1.165) is 19.1 Å². The fourth-order valence-electron chi connectivity index (χ4n) is 4.14. The van der Waals surface area contributed by atoms with E-state index in [4.69, 9.17) is 9.47 Å². The van der Waals surface area contributed by atoms with Gasteiger partial charge in [0.15, 0.2) is 6.29 Å². The zero-order chi connectivity index (χ0) is 23.2. The number of hydrogen-bond acceptors (Lipinski definition) is 3. The lowest BCUT2D eigenvalue weighted by Crippen LogP contribution is -2.30. The summed E-state index contributed by atoms with van der Waals surface area (Å²) in [5, 5.41) is 0. The molecule has 2 aromatic rings. The SMILES string of the molecule is C=CCc1ccc(C(CC(C=O)C(OCC)OCC)c2ccc(CCCCC)cc2)cc1. The largest absolute Gasteiger partial charge is 0.352 e. The Balaban J connectivity index is 2.31. The van der Waals surface area contributed by atoms with Gasteiger partial charge in [0, 0.05) is 19.1 Å². The Morgan fingerprint density at radius 2 is 1.41 bits per heavy atom. The molecule has 0 fully saturated rings. The zero-order valence-corrected chi connectivity index (χ0v) is 20.1. The maximum Gasteiger partial charge on any atom is 0.166 e. The molecule has 3 heteroatoms. The van der Waals surface area contributed by atoms with Crippen LogP contribution >= 0.6 is 0 Å². The molecule has 0 bridgehead atoms. The molecule has 0 aromatic heterocycles. The smallest absolute Gasteiger partial charge is 0.166 e. The van der Waals surface area contributed by atoms with Crippen LogP contribution in [0.5, 0.6) is 0 Å². The highest BCUT2D eigenvalue weighted by Crippen LogP contribution is 2.33. The van der Waals surface area contributed by atoms with E-state index < -0.39 is 6.29 Å². The fraction of sp³-hybridized carbons (Fsp3) is 0.483. The Morgan fingerprint density at radius 1 is 0.844 bits per heavy atom. The van der Waals surface area contributed by atoms with Crippen LogP contribution in [0.3, 0.4) is 0 Å². The van der Waals surface area contributed by atoms with Crippen molar-refractivity contribution in [2.24, 2.45) is 5.92 Å². The maximum atomic E-state index is 12.1. The zero-order valence-electron chi connectivity index (χ0n) is 20.1. The highest BCUT2D eigenvalue weighted by atomic mass is 16.7. The lowest BCUT2D eigenvalue weighted by molar-refractivity contribution is -0.170. The standard InChI is InChI=1S/C29H40O3/c1-5-9-10-12-24-15-19-26(20-16-24)28(25-17-13-23(11-6-2)14-18-25)21-27(22-30)29(31-7-3)32-8-4/h6,13-20,22,27-29H,2,5,7-12,21H2,1,3-4H3. The number of rotatable bonds is 16. The Kier molecular flexibility index (Phi) is 12.0. The van der Waals surface area contributed by atoms with E-state index in [1.165, 1.54) is 41.5 Å². The molecule has 0 N–H and O–H groups in total. The number of aldehydes is 1. The van der Waals surface area contributed by atoms with E-state index in [1.54, 1.807) is 0 Å². The number of aryl methyl sites for hydroxylation is 1. The molecule has 2 atom stereocenters. The quantitative estimate of drug-likeness (QED) is 0.124. The predicted molar refractivity (Wildman–Crippen MR) is 133 cm³/mol. The van der Waals surface area contributed by atoms with Crippen molar-refractivity contribution in [3.63, 3.8) is 0 Å². The summed E-state index contributed by atoms with van der Waals surface area (Å²) in [6.45, 7) is 11.0. The van der Waals surface area contributed by atoms with E-state index in [-0.39, 0.29) is 11.8 Å². The first-order valence-electron chi connectivity index (χ1n) is 12.1. The third kappa shape index (κ3) is 8.03. The highest BCUT2D eigenvalue weighted by Gasteiger charge is 2.27. The van der Waals surface area contributed by atoms with Crippen molar-refractivity contribution in [1.29, 1.82) is 0 Å². The summed E-state index contributed by atoms with van der Waals surface area (Å²) in [6, 6.07) is 17.6. The van der Waals surface area contributed by atoms with E-state index in [1.807, 2.05) is 19.9 Å². The topological polar surface area (TPSA) is 35.5 Å². The molecule has 2 aromatic carbocycles. The number of hydrogen-bond donors (Lipinski definition) is 0. The van der Waals surface area contributed by atoms with Crippen LogP contribution in [-0.2, 0) is 27.1 Å². The second kappa shape index (κ2) is 14.8. The van der Waals surface area contributed by atoms with Crippen LogP contribution in [0.25, 0.3) is 0 Å². The molecule has 0 aliphatic carbocycles. The summed E-state index contributed by atoms with van der Waals surface area (Å²) in [4.78, 5) is 12.1. The lowest BCUT2D eigenvalue weighted by Gasteiger charge is -2.27. The number of allylic oxidation sites excluding steroid dienone is 1. The summed E-state index contributed by atoms with van der Waals surface area (Å²) in [5.74, 6) is -0.243. The van der Waals surface area contributed by atoms with Gasteiger partial charge in [0.2, 0.25) is 0 Å².